The maximum Gasteiger partial charge on any atom is 0.360 e. The van der Waals surface area contributed by atoms with Crippen LogP contribution in [0.3, 0.4) is 0 Å². The van der Waals surface area contributed by atoms with E-state index >= 15 is 0 Å². The number of benzene rings is 1. The van der Waals surface area contributed by atoms with Crippen molar-refractivity contribution in [2.45, 2.75) is 6.92 Å². The van der Waals surface area contributed by atoms with Crippen molar-refractivity contribution in [2.24, 2.45) is 0 Å². The van der Waals surface area contributed by atoms with E-state index in [2.05, 4.69) is 15.3 Å². The molecule has 66 valence electrons. The van der Waals surface area contributed by atoms with Gasteiger partial charge in [-0.05, 0) is 12.1 Å². The molecule has 0 atom stereocenters. The topological polar surface area (TPSA) is 59.0 Å². The number of carbonyl (C=O) groups excluding carboxylic acids is 1. The number of H-pyrrole nitrogens is 2. The third-order valence-corrected chi connectivity index (χ3v) is 1.75. The van der Waals surface area contributed by atoms with Gasteiger partial charge in [-0.3, -0.25) is 4.79 Å². The fourth-order valence-corrected chi connectivity index (χ4v) is 1.24. The molecule has 0 bridgehead atoms. The van der Waals surface area contributed by atoms with Gasteiger partial charge in [-0.2, -0.15) is 0 Å². The third-order valence-electron chi connectivity index (χ3n) is 1.75. The van der Waals surface area contributed by atoms with Crippen molar-refractivity contribution in [1.29, 1.82) is 0 Å². The van der Waals surface area contributed by atoms with Crippen LogP contribution < -0.4 is 10.3 Å². The highest BCUT2D eigenvalue weighted by Crippen LogP contribution is 2.07. The second-order valence-corrected chi connectivity index (χ2v) is 2.85. The standard InChI is InChI=1S/C9H9N3O/c1-6(13)10-9-11-7-4-2-3-5-8(7)12-9/h2-5H,1H3,(H2,10,11,12,13)/p+1. The number of hydrogen-bond donors (Lipinski definition) is 2. The van der Waals surface area contributed by atoms with Gasteiger partial charge in [0, 0.05) is 6.92 Å². The molecule has 1 aromatic carbocycles. The van der Waals surface area contributed by atoms with Crippen LogP contribution in [-0.2, 0) is 4.79 Å². The molecule has 0 fully saturated rings. The van der Waals surface area contributed by atoms with Crippen LogP contribution in [0.2, 0.25) is 0 Å². The number of hydrogen-bond acceptors (Lipinski definition) is 1. The van der Waals surface area contributed by atoms with Crippen molar-refractivity contribution in [1.82, 2.24) is 4.98 Å². The van der Waals surface area contributed by atoms with Gasteiger partial charge in [0.05, 0.1) is 0 Å². The Hall–Kier alpha value is -1.84. The number of rotatable bonds is 1. The van der Waals surface area contributed by atoms with Crippen LogP contribution in [0.5, 0.6) is 0 Å². The molecule has 4 nitrogen and oxygen atoms in total. The van der Waals surface area contributed by atoms with Crippen LogP contribution in [-0.4, -0.2) is 10.9 Å². The molecular formula is C9H10N3O+. The number of para-hydroxylation sites is 2. The number of fused-ring (bicyclic) bond motifs is 1. The predicted molar refractivity (Wildman–Crippen MR) is 49.2 cm³/mol. The zero-order valence-electron chi connectivity index (χ0n) is 7.22. The highest BCUT2D eigenvalue weighted by atomic mass is 16.1. The van der Waals surface area contributed by atoms with Crippen LogP contribution >= 0.6 is 0 Å². The Balaban J connectivity index is 2.44. The van der Waals surface area contributed by atoms with Crippen molar-refractivity contribution in [3.63, 3.8) is 0 Å². The molecule has 0 unspecified atom stereocenters. The summed E-state index contributed by atoms with van der Waals surface area (Å²) in [5, 5.41) is 2.64. The molecule has 13 heavy (non-hydrogen) atoms. The first kappa shape index (κ1) is 7.79. The predicted octanol–water partition coefficient (Wildman–Crippen LogP) is 0.940. The Bertz CT molecular complexity index is 414. The molecule has 0 saturated carbocycles. The zero-order chi connectivity index (χ0) is 9.26. The normalized spacial score (nSPS) is 10.2. The van der Waals surface area contributed by atoms with E-state index in [1.807, 2.05) is 24.3 Å². The number of imidazole rings is 1. The molecule has 1 heterocycles. The van der Waals surface area contributed by atoms with Crippen molar-refractivity contribution >= 4 is 22.9 Å². The molecule has 2 rings (SSSR count). The molecule has 0 aliphatic rings. The minimum Gasteiger partial charge on any atom is -0.257 e. The summed E-state index contributed by atoms with van der Waals surface area (Å²) in [4.78, 5) is 16.8. The number of carbonyl (C=O) groups is 1. The van der Waals surface area contributed by atoms with Crippen LogP contribution in [0.15, 0.2) is 24.3 Å². The largest absolute Gasteiger partial charge is 0.360 e. The third kappa shape index (κ3) is 1.51. The van der Waals surface area contributed by atoms with Crippen molar-refractivity contribution in [3.05, 3.63) is 24.3 Å². The highest BCUT2D eigenvalue weighted by Gasteiger charge is 2.08. The second kappa shape index (κ2) is 2.90. The minimum atomic E-state index is -0.0946. The Labute approximate surface area is 75.0 Å². The Kier molecular flexibility index (Phi) is 1.73. The summed E-state index contributed by atoms with van der Waals surface area (Å²) in [6.07, 6.45) is 0. The second-order valence-electron chi connectivity index (χ2n) is 2.85. The van der Waals surface area contributed by atoms with Gasteiger partial charge < -0.3 is 0 Å². The summed E-state index contributed by atoms with van der Waals surface area (Å²) < 4.78 is 0. The molecule has 0 aliphatic carbocycles. The van der Waals surface area contributed by atoms with Gasteiger partial charge in [-0.1, -0.05) is 12.1 Å². The summed E-state index contributed by atoms with van der Waals surface area (Å²) >= 11 is 0. The van der Waals surface area contributed by atoms with Gasteiger partial charge in [0.25, 0.3) is 5.91 Å². The lowest BCUT2D eigenvalue weighted by Gasteiger charge is -1.84. The van der Waals surface area contributed by atoms with Crippen LogP contribution in [0.25, 0.3) is 11.0 Å². The summed E-state index contributed by atoms with van der Waals surface area (Å²) in [6, 6.07) is 7.75. The summed E-state index contributed by atoms with van der Waals surface area (Å²) in [5.74, 6) is 0.525. The quantitative estimate of drug-likeness (QED) is 0.667. The Morgan fingerprint density at radius 2 is 2.23 bits per heavy atom. The lowest BCUT2D eigenvalue weighted by Crippen LogP contribution is -2.14. The highest BCUT2D eigenvalue weighted by molar-refractivity contribution is 5.87. The molecule has 2 aromatic rings. The van der Waals surface area contributed by atoms with Gasteiger partial charge in [0.2, 0.25) is 0 Å². The molecule has 3 N–H and O–H groups in total. The van der Waals surface area contributed by atoms with E-state index in [0.717, 1.165) is 11.0 Å². The summed E-state index contributed by atoms with van der Waals surface area (Å²) in [7, 11) is 0. The first-order valence-corrected chi connectivity index (χ1v) is 4.03. The van der Waals surface area contributed by atoms with E-state index in [9.17, 15) is 4.79 Å². The Morgan fingerprint density at radius 3 is 2.92 bits per heavy atom. The maximum absolute atomic E-state index is 10.7. The van der Waals surface area contributed by atoms with Crippen LogP contribution in [0.4, 0.5) is 5.95 Å². The van der Waals surface area contributed by atoms with E-state index in [0.29, 0.717) is 5.95 Å². The van der Waals surface area contributed by atoms with E-state index in [1.54, 1.807) is 0 Å². The molecule has 4 heteroatoms. The van der Waals surface area contributed by atoms with E-state index in [1.165, 1.54) is 6.92 Å². The average Bonchev–Trinajstić information content (AvgIpc) is 2.44. The smallest absolute Gasteiger partial charge is 0.257 e. The Morgan fingerprint density at radius 1 is 1.46 bits per heavy atom. The summed E-state index contributed by atoms with van der Waals surface area (Å²) in [6.45, 7) is 1.47. The van der Waals surface area contributed by atoms with Gasteiger partial charge in [0.1, 0.15) is 11.0 Å². The van der Waals surface area contributed by atoms with E-state index in [-0.39, 0.29) is 5.91 Å². The molecule has 0 spiro atoms. The monoisotopic (exact) mass is 176 g/mol. The van der Waals surface area contributed by atoms with Crippen molar-refractivity contribution in [2.75, 3.05) is 5.32 Å². The number of nitrogens with one attached hydrogen (secondary N) is 3. The number of amides is 1. The van der Waals surface area contributed by atoms with Gasteiger partial charge in [-0.15, -0.1) is 0 Å². The van der Waals surface area contributed by atoms with Crippen LogP contribution in [0, 0.1) is 0 Å². The first-order chi connectivity index (χ1) is 6.25. The molecule has 1 aromatic heterocycles. The van der Waals surface area contributed by atoms with Crippen molar-refractivity contribution in [3.8, 4) is 0 Å². The first-order valence-electron chi connectivity index (χ1n) is 4.03. The number of aromatic nitrogens is 2. The lowest BCUT2D eigenvalue weighted by atomic mass is 10.3. The molecular weight excluding hydrogens is 166 g/mol. The van der Waals surface area contributed by atoms with E-state index < -0.39 is 0 Å². The maximum atomic E-state index is 10.7. The lowest BCUT2D eigenvalue weighted by molar-refractivity contribution is -0.326. The molecule has 0 aliphatic heterocycles. The van der Waals surface area contributed by atoms with Gasteiger partial charge in [-0.25, -0.2) is 15.3 Å². The number of anilines is 1. The average molecular weight is 176 g/mol. The van der Waals surface area contributed by atoms with E-state index in [4.69, 9.17) is 0 Å². The molecule has 0 radical (unpaired) electrons. The van der Waals surface area contributed by atoms with Gasteiger partial charge >= 0.3 is 5.95 Å². The van der Waals surface area contributed by atoms with Gasteiger partial charge in [0.15, 0.2) is 0 Å². The number of aromatic amines is 2. The van der Waals surface area contributed by atoms with Crippen LogP contribution in [0.1, 0.15) is 6.92 Å². The fraction of sp³-hybridized carbons (Fsp3) is 0.111. The SMILES string of the molecule is CC(=O)Nc1[nH]c2ccccc2[nH+]1. The fourth-order valence-electron chi connectivity index (χ4n) is 1.24. The molecule has 0 saturated heterocycles. The van der Waals surface area contributed by atoms with Crippen molar-refractivity contribution < 1.29 is 9.78 Å². The molecule has 1 amide bonds. The minimum absolute atomic E-state index is 0.0946. The summed E-state index contributed by atoms with van der Waals surface area (Å²) in [5.41, 5.74) is 1.96. The zero-order valence-corrected chi connectivity index (χ0v) is 7.22.